The minimum absolute atomic E-state index is 0.0562. The SMILES string of the molecule is Cc1c(C(=O)NCc2nnc(SCC(=O)N3CCCc4ccccc43)n2-c2ccc(F)cc2)cccc1[N+](=O)[O-]. The number of aromatic nitrogens is 3. The summed E-state index contributed by atoms with van der Waals surface area (Å²) in [5.41, 5.74) is 2.88. The number of benzene rings is 3. The number of halogens is 1. The Labute approximate surface area is 233 Å². The van der Waals surface area contributed by atoms with Crippen LogP contribution in [0.5, 0.6) is 0 Å². The maximum Gasteiger partial charge on any atom is 0.273 e. The lowest BCUT2D eigenvalue weighted by Gasteiger charge is -2.29. The summed E-state index contributed by atoms with van der Waals surface area (Å²) in [4.78, 5) is 38.6. The van der Waals surface area contributed by atoms with Crippen LogP contribution in [0.2, 0.25) is 0 Å². The number of thioether (sulfide) groups is 1. The summed E-state index contributed by atoms with van der Waals surface area (Å²) < 4.78 is 15.3. The third-order valence-electron chi connectivity index (χ3n) is 6.67. The Morgan fingerprint density at radius 1 is 1.07 bits per heavy atom. The van der Waals surface area contributed by atoms with Gasteiger partial charge >= 0.3 is 0 Å². The number of amides is 2. The van der Waals surface area contributed by atoms with Gasteiger partial charge in [0.1, 0.15) is 5.82 Å². The van der Waals surface area contributed by atoms with Gasteiger partial charge in [-0.1, -0.05) is 36.0 Å². The first-order valence-electron chi connectivity index (χ1n) is 12.6. The van der Waals surface area contributed by atoms with E-state index < -0.39 is 16.6 Å². The zero-order valence-corrected chi connectivity index (χ0v) is 22.4. The van der Waals surface area contributed by atoms with E-state index in [1.807, 2.05) is 24.3 Å². The molecule has 0 atom stereocenters. The number of anilines is 1. The molecule has 0 unspecified atom stereocenters. The predicted molar refractivity (Wildman–Crippen MR) is 148 cm³/mol. The molecule has 0 aliphatic carbocycles. The monoisotopic (exact) mass is 560 g/mol. The molecule has 1 N–H and O–H groups in total. The predicted octanol–water partition coefficient (Wildman–Crippen LogP) is 4.62. The fourth-order valence-corrected chi connectivity index (χ4v) is 5.52. The minimum Gasteiger partial charge on any atom is -0.345 e. The second kappa shape index (κ2) is 11.7. The largest absolute Gasteiger partial charge is 0.345 e. The number of hydrogen-bond donors (Lipinski definition) is 1. The van der Waals surface area contributed by atoms with Gasteiger partial charge in [-0.25, -0.2) is 4.39 Å². The van der Waals surface area contributed by atoms with E-state index in [4.69, 9.17) is 0 Å². The van der Waals surface area contributed by atoms with E-state index in [-0.39, 0.29) is 35.0 Å². The van der Waals surface area contributed by atoms with Crippen LogP contribution in [0.15, 0.2) is 71.9 Å². The standard InChI is InChI=1S/C28H25FN6O4S/c1-18-22(8-4-10-23(18)35(38)39)27(37)30-16-25-31-32-28(34(25)21-13-11-20(29)12-14-21)40-17-26(36)33-15-5-7-19-6-2-3-9-24(19)33/h2-4,6,8-14H,5,7,15-17H2,1H3,(H,30,37). The number of nitro benzene ring substituents is 1. The lowest BCUT2D eigenvalue weighted by Crippen LogP contribution is -2.36. The van der Waals surface area contributed by atoms with Crippen LogP contribution in [0, 0.1) is 22.9 Å². The average Bonchev–Trinajstić information content (AvgIpc) is 3.37. The van der Waals surface area contributed by atoms with Crippen LogP contribution in [0.4, 0.5) is 15.8 Å². The Morgan fingerprint density at radius 3 is 2.62 bits per heavy atom. The Balaban J connectivity index is 1.36. The fourth-order valence-electron chi connectivity index (χ4n) is 4.68. The molecule has 0 bridgehead atoms. The summed E-state index contributed by atoms with van der Waals surface area (Å²) in [5.74, 6) is -0.542. The van der Waals surface area contributed by atoms with Gasteiger partial charge in [-0.2, -0.15) is 0 Å². The van der Waals surface area contributed by atoms with Gasteiger partial charge in [0.05, 0.1) is 17.2 Å². The van der Waals surface area contributed by atoms with Gasteiger partial charge in [0, 0.05) is 35.1 Å². The normalized spacial score (nSPS) is 12.6. The van der Waals surface area contributed by atoms with Crippen molar-refractivity contribution < 1.29 is 18.9 Å². The molecule has 3 aromatic carbocycles. The number of aryl methyl sites for hydroxylation is 1. The van der Waals surface area contributed by atoms with Crippen LogP contribution in [-0.4, -0.2) is 43.8 Å². The first-order valence-corrected chi connectivity index (χ1v) is 13.6. The Hall–Kier alpha value is -4.58. The van der Waals surface area contributed by atoms with E-state index >= 15 is 0 Å². The van der Waals surface area contributed by atoms with Gasteiger partial charge in [0.2, 0.25) is 5.91 Å². The molecule has 4 aromatic rings. The summed E-state index contributed by atoms with van der Waals surface area (Å²) in [5, 5.41) is 22.9. The number of hydrogen-bond acceptors (Lipinski definition) is 7. The van der Waals surface area contributed by atoms with E-state index in [1.54, 1.807) is 21.6 Å². The number of fused-ring (bicyclic) bond motifs is 1. The molecular weight excluding hydrogens is 535 g/mol. The summed E-state index contributed by atoms with van der Waals surface area (Å²) in [6, 6.07) is 17.9. The van der Waals surface area contributed by atoms with E-state index in [9.17, 15) is 24.1 Å². The van der Waals surface area contributed by atoms with Crippen LogP contribution in [0.25, 0.3) is 5.69 Å². The molecule has 1 aliphatic rings. The molecule has 0 radical (unpaired) electrons. The highest BCUT2D eigenvalue weighted by molar-refractivity contribution is 7.99. The molecule has 1 aliphatic heterocycles. The fraction of sp³-hybridized carbons (Fsp3) is 0.214. The lowest BCUT2D eigenvalue weighted by atomic mass is 10.0. The van der Waals surface area contributed by atoms with Gasteiger partial charge in [-0.15, -0.1) is 10.2 Å². The number of para-hydroxylation sites is 1. The third-order valence-corrected chi connectivity index (χ3v) is 7.59. The van der Waals surface area contributed by atoms with Gasteiger partial charge in [-0.05, 0) is 61.7 Å². The highest BCUT2D eigenvalue weighted by atomic mass is 32.2. The van der Waals surface area contributed by atoms with Crippen molar-refractivity contribution in [2.75, 3.05) is 17.2 Å². The molecule has 0 saturated carbocycles. The quantitative estimate of drug-likeness (QED) is 0.189. The first-order chi connectivity index (χ1) is 19.3. The first kappa shape index (κ1) is 27.0. The highest BCUT2D eigenvalue weighted by Gasteiger charge is 2.24. The molecule has 5 rings (SSSR count). The van der Waals surface area contributed by atoms with Crippen LogP contribution in [-0.2, 0) is 17.8 Å². The van der Waals surface area contributed by atoms with Crippen molar-refractivity contribution in [3.63, 3.8) is 0 Å². The second-order valence-corrected chi connectivity index (χ2v) is 10.1. The molecule has 1 aromatic heterocycles. The Kier molecular flexibility index (Phi) is 7.87. The number of nitro groups is 1. The lowest BCUT2D eigenvalue weighted by molar-refractivity contribution is -0.385. The van der Waals surface area contributed by atoms with Crippen molar-refractivity contribution >= 4 is 35.0 Å². The number of carbonyl (C=O) groups is 2. The van der Waals surface area contributed by atoms with Gasteiger partial charge in [-0.3, -0.25) is 24.3 Å². The minimum atomic E-state index is -0.537. The number of rotatable bonds is 8. The van der Waals surface area contributed by atoms with E-state index in [2.05, 4.69) is 15.5 Å². The summed E-state index contributed by atoms with van der Waals surface area (Å²) in [7, 11) is 0. The molecule has 40 heavy (non-hydrogen) atoms. The van der Waals surface area contributed by atoms with Gasteiger partial charge < -0.3 is 10.2 Å². The van der Waals surface area contributed by atoms with Crippen molar-refractivity contribution in [2.24, 2.45) is 0 Å². The Morgan fingerprint density at radius 2 is 1.85 bits per heavy atom. The zero-order valence-electron chi connectivity index (χ0n) is 21.5. The maximum absolute atomic E-state index is 13.7. The molecule has 0 fully saturated rings. The molecule has 204 valence electrons. The maximum atomic E-state index is 13.7. The molecule has 10 nitrogen and oxygen atoms in total. The zero-order chi connectivity index (χ0) is 28.2. The average molecular weight is 561 g/mol. The Bertz CT molecular complexity index is 1590. The van der Waals surface area contributed by atoms with Crippen LogP contribution in [0.1, 0.15) is 33.7 Å². The van der Waals surface area contributed by atoms with Crippen LogP contribution >= 0.6 is 11.8 Å². The van der Waals surface area contributed by atoms with Gasteiger partial charge in [0.15, 0.2) is 11.0 Å². The van der Waals surface area contributed by atoms with Crippen molar-refractivity contribution in [1.29, 1.82) is 0 Å². The molecule has 0 saturated heterocycles. The van der Waals surface area contributed by atoms with Crippen molar-refractivity contribution in [2.45, 2.75) is 31.5 Å². The molecule has 2 heterocycles. The molecule has 0 spiro atoms. The van der Waals surface area contributed by atoms with Crippen LogP contribution in [0.3, 0.4) is 0 Å². The second-order valence-electron chi connectivity index (χ2n) is 9.17. The van der Waals surface area contributed by atoms with Crippen molar-refractivity contribution in [3.05, 3.63) is 105 Å². The van der Waals surface area contributed by atoms with Gasteiger partial charge in [0.25, 0.3) is 11.6 Å². The number of nitrogens with zero attached hydrogens (tertiary/aromatic N) is 5. The molecule has 12 heteroatoms. The molecule has 2 amide bonds. The smallest absolute Gasteiger partial charge is 0.273 e. The van der Waals surface area contributed by atoms with E-state index in [0.717, 1.165) is 24.1 Å². The number of nitrogens with one attached hydrogen (secondary N) is 1. The van der Waals surface area contributed by atoms with Crippen molar-refractivity contribution in [1.82, 2.24) is 20.1 Å². The molecular formula is C28H25FN6O4S. The number of carbonyl (C=O) groups excluding carboxylic acids is 2. The van der Waals surface area contributed by atoms with Crippen molar-refractivity contribution in [3.8, 4) is 5.69 Å². The highest BCUT2D eigenvalue weighted by Crippen LogP contribution is 2.29. The topological polar surface area (TPSA) is 123 Å². The van der Waals surface area contributed by atoms with Crippen LogP contribution < -0.4 is 10.2 Å². The summed E-state index contributed by atoms with van der Waals surface area (Å²) in [6.07, 6.45) is 1.81. The van der Waals surface area contributed by atoms with E-state index in [1.165, 1.54) is 49.0 Å². The van der Waals surface area contributed by atoms with E-state index in [0.29, 0.717) is 23.2 Å². The third kappa shape index (κ3) is 5.57. The summed E-state index contributed by atoms with van der Waals surface area (Å²) in [6.45, 7) is 2.09. The summed E-state index contributed by atoms with van der Waals surface area (Å²) >= 11 is 1.20.